The van der Waals surface area contributed by atoms with Gasteiger partial charge in [-0.25, -0.2) is 0 Å². The Labute approximate surface area is 90.5 Å². The van der Waals surface area contributed by atoms with Gasteiger partial charge in [0.1, 0.15) is 5.75 Å². The second-order valence-corrected chi connectivity index (χ2v) is 2.90. The molecule has 0 spiro atoms. The van der Waals surface area contributed by atoms with Crippen LogP contribution in [0.3, 0.4) is 0 Å². The SMILES string of the molecule is COc1ccc(C(=O)C#C[B-](F)(F)F)cc1. The highest BCUT2D eigenvalue weighted by Gasteiger charge is 2.18. The number of hydrogen-bond acceptors (Lipinski definition) is 2. The number of rotatable bonds is 2. The van der Waals surface area contributed by atoms with Gasteiger partial charge in [-0.05, 0) is 24.3 Å². The van der Waals surface area contributed by atoms with Gasteiger partial charge in [-0.1, -0.05) is 5.92 Å². The number of benzene rings is 1. The van der Waals surface area contributed by atoms with Gasteiger partial charge in [0.15, 0.2) is 0 Å². The Hall–Kier alpha value is -1.90. The normalized spacial score (nSPS) is 10.2. The smallest absolute Gasteiger partial charge is 0.497 e. The highest BCUT2D eigenvalue weighted by molar-refractivity contribution is 6.68. The van der Waals surface area contributed by atoms with Crippen molar-refractivity contribution in [3.05, 3.63) is 29.8 Å². The molecule has 0 unspecified atom stereocenters. The van der Waals surface area contributed by atoms with E-state index < -0.39 is 12.8 Å². The molecule has 1 rings (SSSR count). The van der Waals surface area contributed by atoms with Crippen LogP contribution in [-0.2, 0) is 0 Å². The van der Waals surface area contributed by atoms with Crippen LogP contribution in [0.25, 0.3) is 0 Å². The summed E-state index contributed by atoms with van der Waals surface area (Å²) < 4.78 is 40.1. The summed E-state index contributed by atoms with van der Waals surface area (Å²) in [5.74, 6) is 2.19. The van der Waals surface area contributed by atoms with Crippen molar-refractivity contribution in [1.29, 1.82) is 0 Å². The summed E-state index contributed by atoms with van der Waals surface area (Å²) >= 11 is 0. The van der Waals surface area contributed by atoms with Crippen molar-refractivity contribution in [3.8, 4) is 17.5 Å². The zero-order chi connectivity index (χ0) is 12.2. The Morgan fingerprint density at radius 1 is 1.25 bits per heavy atom. The number of carbonyl (C=O) groups is 1. The van der Waals surface area contributed by atoms with Crippen molar-refractivity contribution < 1.29 is 22.5 Å². The number of methoxy groups -OCH3 is 1. The molecule has 1 aromatic rings. The molecule has 0 radical (unpaired) electrons. The van der Waals surface area contributed by atoms with Crippen LogP contribution >= 0.6 is 0 Å². The quantitative estimate of drug-likeness (QED) is 0.440. The van der Waals surface area contributed by atoms with Crippen molar-refractivity contribution in [2.45, 2.75) is 0 Å². The first-order chi connectivity index (χ1) is 7.42. The zero-order valence-corrected chi connectivity index (χ0v) is 8.34. The van der Waals surface area contributed by atoms with Crippen LogP contribution in [-0.4, -0.2) is 19.9 Å². The number of hydrogen-bond donors (Lipinski definition) is 0. The fourth-order valence-electron chi connectivity index (χ4n) is 0.962. The molecule has 0 fully saturated rings. The monoisotopic (exact) mass is 227 g/mol. The second-order valence-electron chi connectivity index (χ2n) is 2.90. The highest BCUT2D eigenvalue weighted by Crippen LogP contribution is 2.12. The van der Waals surface area contributed by atoms with Crippen LogP contribution in [0.4, 0.5) is 12.9 Å². The minimum absolute atomic E-state index is 0.105. The summed E-state index contributed by atoms with van der Waals surface area (Å²) in [5.41, 5.74) is 0.105. The first kappa shape index (κ1) is 12.2. The lowest BCUT2D eigenvalue weighted by molar-refractivity contribution is 0.105. The molecule has 0 amide bonds. The largest absolute Gasteiger partial charge is 0.558 e. The van der Waals surface area contributed by atoms with Gasteiger partial charge < -0.3 is 17.7 Å². The molecule has 0 saturated heterocycles. The van der Waals surface area contributed by atoms with E-state index in [1.807, 2.05) is 0 Å². The highest BCUT2D eigenvalue weighted by atomic mass is 19.4. The van der Waals surface area contributed by atoms with Gasteiger partial charge in [0, 0.05) is 5.56 Å². The molecule has 0 atom stereocenters. The molecule has 0 heterocycles. The van der Waals surface area contributed by atoms with Crippen LogP contribution in [0.5, 0.6) is 5.75 Å². The van der Waals surface area contributed by atoms with Gasteiger partial charge >= 0.3 is 6.98 Å². The molecular formula is C10H7BF3O2-. The van der Waals surface area contributed by atoms with Crippen molar-refractivity contribution in [2.75, 3.05) is 7.11 Å². The van der Waals surface area contributed by atoms with Crippen LogP contribution in [0, 0.1) is 11.7 Å². The van der Waals surface area contributed by atoms with E-state index in [4.69, 9.17) is 4.74 Å². The molecule has 16 heavy (non-hydrogen) atoms. The Kier molecular flexibility index (Phi) is 3.62. The molecule has 0 aromatic heterocycles. The van der Waals surface area contributed by atoms with Gasteiger partial charge in [0.25, 0.3) is 0 Å². The summed E-state index contributed by atoms with van der Waals surface area (Å²) in [5, 5.41) is 0. The maximum atomic E-state index is 11.8. The number of carbonyl (C=O) groups excluding carboxylic acids is 1. The summed E-state index contributed by atoms with van der Waals surface area (Å²) in [4.78, 5) is 11.2. The fraction of sp³-hybridized carbons (Fsp3) is 0.100. The van der Waals surface area contributed by atoms with Gasteiger partial charge in [0.2, 0.25) is 5.78 Å². The maximum absolute atomic E-state index is 11.8. The second kappa shape index (κ2) is 4.75. The van der Waals surface area contributed by atoms with E-state index in [1.54, 1.807) is 5.92 Å². The minimum Gasteiger partial charge on any atom is -0.497 e. The Morgan fingerprint density at radius 3 is 2.25 bits per heavy atom. The van der Waals surface area contributed by atoms with Gasteiger partial charge in [-0.2, -0.15) is 5.82 Å². The number of ether oxygens (including phenoxy) is 1. The van der Waals surface area contributed by atoms with E-state index in [0.29, 0.717) is 5.75 Å². The van der Waals surface area contributed by atoms with E-state index in [9.17, 15) is 17.7 Å². The lowest BCUT2D eigenvalue weighted by Gasteiger charge is -2.02. The van der Waals surface area contributed by atoms with Gasteiger partial charge in [0.05, 0.1) is 7.11 Å². The summed E-state index contributed by atoms with van der Waals surface area (Å²) in [6.45, 7) is -5.25. The predicted molar refractivity (Wildman–Crippen MR) is 54.2 cm³/mol. The number of halogens is 3. The number of ketones is 1. The lowest BCUT2D eigenvalue weighted by Crippen LogP contribution is -2.12. The molecule has 84 valence electrons. The standard InChI is InChI=1S/C10H7BF3O2/c1-16-9-4-2-8(3-5-9)10(15)6-7-11(12,13)14/h2-5H,1H3/q-1. The predicted octanol–water partition coefficient (Wildman–Crippen LogP) is 2.27. The van der Waals surface area contributed by atoms with Crippen LogP contribution in [0.15, 0.2) is 24.3 Å². The molecule has 0 saturated carbocycles. The van der Waals surface area contributed by atoms with E-state index >= 15 is 0 Å². The van der Waals surface area contributed by atoms with Gasteiger partial charge in [-0.15, -0.1) is 0 Å². The third kappa shape index (κ3) is 3.69. The Bertz CT molecular complexity index is 440. The average Bonchev–Trinajstić information content (AvgIpc) is 2.25. The summed E-state index contributed by atoms with van der Waals surface area (Å²) in [6.07, 6.45) is 0. The van der Waals surface area contributed by atoms with Crippen LogP contribution in [0.1, 0.15) is 10.4 Å². The van der Waals surface area contributed by atoms with E-state index in [2.05, 4.69) is 0 Å². The molecule has 0 aliphatic heterocycles. The average molecular weight is 227 g/mol. The topological polar surface area (TPSA) is 26.3 Å². The van der Waals surface area contributed by atoms with Crippen molar-refractivity contribution >= 4 is 12.8 Å². The third-order valence-corrected chi connectivity index (χ3v) is 1.70. The molecule has 0 aliphatic carbocycles. The molecular weight excluding hydrogens is 220 g/mol. The van der Waals surface area contributed by atoms with Crippen molar-refractivity contribution in [2.24, 2.45) is 0 Å². The Morgan fingerprint density at radius 2 is 1.81 bits per heavy atom. The summed E-state index contributed by atoms with van der Waals surface area (Å²) in [6, 6.07) is 5.68. The molecule has 0 aliphatic rings. The third-order valence-electron chi connectivity index (χ3n) is 1.70. The lowest BCUT2D eigenvalue weighted by atomic mass is 9.93. The fourth-order valence-corrected chi connectivity index (χ4v) is 0.962. The zero-order valence-electron chi connectivity index (χ0n) is 8.34. The Balaban J connectivity index is 2.84. The van der Waals surface area contributed by atoms with Crippen LogP contribution < -0.4 is 4.74 Å². The van der Waals surface area contributed by atoms with Crippen molar-refractivity contribution in [3.63, 3.8) is 0 Å². The molecule has 0 bridgehead atoms. The molecule has 0 N–H and O–H groups in total. The summed E-state index contributed by atoms with van der Waals surface area (Å²) in [7, 11) is 1.45. The molecule has 1 aromatic carbocycles. The molecule has 2 nitrogen and oxygen atoms in total. The van der Waals surface area contributed by atoms with E-state index in [1.165, 1.54) is 31.4 Å². The minimum atomic E-state index is -5.25. The first-order valence-electron chi connectivity index (χ1n) is 4.33. The van der Waals surface area contributed by atoms with Crippen molar-refractivity contribution in [1.82, 2.24) is 0 Å². The van der Waals surface area contributed by atoms with Crippen LogP contribution in [0.2, 0.25) is 0 Å². The molecule has 6 heteroatoms. The first-order valence-corrected chi connectivity index (χ1v) is 4.33. The number of Topliss-reactive ketones (excluding diaryl/α,β-unsaturated/α-hetero) is 1. The van der Waals surface area contributed by atoms with Gasteiger partial charge in [-0.3, -0.25) is 4.79 Å². The van der Waals surface area contributed by atoms with E-state index in [0.717, 1.165) is 5.82 Å². The van der Waals surface area contributed by atoms with E-state index in [-0.39, 0.29) is 5.56 Å². The maximum Gasteiger partial charge on any atom is 0.558 e.